The maximum Gasteiger partial charge on any atom is 0.317 e. The van der Waals surface area contributed by atoms with Crippen LogP contribution in [0.15, 0.2) is 4.52 Å². The molecule has 8 heteroatoms. The number of piperidine rings is 1. The van der Waals surface area contributed by atoms with Crippen molar-refractivity contribution in [1.29, 1.82) is 0 Å². The third-order valence-electron chi connectivity index (χ3n) is 4.14. The van der Waals surface area contributed by atoms with E-state index in [0.717, 1.165) is 12.8 Å². The van der Waals surface area contributed by atoms with E-state index in [9.17, 15) is 9.59 Å². The summed E-state index contributed by atoms with van der Waals surface area (Å²) in [7, 11) is 3.41. The van der Waals surface area contributed by atoms with Gasteiger partial charge in [0, 0.05) is 52.0 Å². The maximum absolute atomic E-state index is 12.3. The van der Waals surface area contributed by atoms with E-state index >= 15 is 0 Å². The Morgan fingerprint density at radius 3 is 2.79 bits per heavy atom. The summed E-state index contributed by atoms with van der Waals surface area (Å²) in [5, 5.41) is 6.87. The Bertz CT molecular complexity index is 570. The molecule has 1 atom stereocenters. The molecule has 3 amide bonds. The lowest BCUT2D eigenvalue weighted by Gasteiger charge is -2.31. The Hall–Kier alpha value is -2.12. The average Bonchev–Trinajstić information content (AvgIpc) is 3.05. The van der Waals surface area contributed by atoms with Gasteiger partial charge in [-0.3, -0.25) is 4.79 Å². The Morgan fingerprint density at radius 1 is 1.42 bits per heavy atom. The second kappa shape index (κ2) is 8.12. The second-order valence-corrected chi connectivity index (χ2v) is 6.70. The molecule has 2 heterocycles. The predicted molar refractivity (Wildman–Crippen MR) is 88.6 cm³/mol. The van der Waals surface area contributed by atoms with Crippen molar-refractivity contribution in [3.8, 4) is 0 Å². The minimum atomic E-state index is -0.140. The SMILES string of the molecule is CC(C)c1nc([C@H]2CCCN(C(=O)NCCC(=O)N(C)C)C2)no1. The van der Waals surface area contributed by atoms with Crippen molar-refractivity contribution in [2.45, 2.75) is 44.9 Å². The van der Waals surface area contributed by atoms with Crippen molar-refractivity contribution in [3.05, 3.63) is 11.7 Å². The molecular weight excluding hydrogens is 310 g/mol. The van der Waals surface area contributed by atoms with Gasteiger partial charge in [0.1, 0.15) is 0 Å². The Labute approximate surface area is 142 Å². The van der Waals surface area contributed by atoms with Gasteiger partial charge >= 0.3 is 6.03 Å². The van der Waals surface area contributed by atoms with Crippen LogP contribution in [0.2, 0.25) is 0 Å². The summed E-state index contributed by atoms with van der Waals surface area (Å²) in [5.74, 6) is 1.61. The summed E-state index contributed by atoms with van der Waals surface area (Å²) in [6.45, 7) is 5.64. The third-order valence-corrected chi connectivity index (χ3v) is 4.14. The average molecular weight is 337 g/mol. The van der Waals surface area contributed by atoms with Crippen LogP contribution in [-0.2, 0) is 4.79 Å². The van der Waals surface area contributed by atoms with Crippen LogP contribution in [0.3, 0.4) is 0 Å². The molecule has 2 rings (SSSR count). The molecule has 1 saturated heterocycles. The normalized spacial score (nSPS) is 17.9. The van der Waals surface area contributed by atoms with E-state index in [1.807, 2.05) is 13.8 Å². The molecule has 0 radical (unpaired) electrons. The number of nitrogens with zero attached hydrogens (tertiary/aromatic N) is 4. The van der Waals surface area contributed by atoms with Gasteiger partial charge in [-0.25, -0.2) is 4.79 Å². The smallest absolute Gasteiger partial charge is 0.317 e. The lowest BCUT2D eigenvalue weighted by Crippen LogP contribution is -2.45. The number of carbonyl (C=O) groups excluding carboxylic acids is 2. The molecular formula is C16H27N5O3. The minimum absolute atomic E-state index is 0.000155. The van der Waals surface area contributed by atoms with Gasteiger partial charge in [0.2, 0.25) is 11.8 Å². The number of aromatic nitrogens is 2. The number of urea groups is 1. The van der Waals surface area contributed by atoms with Gasteiger partial charge in [0.05, 0.1) is 0 Å². The monoisotopic (exact) mass is 337 g/mol. The van der Waals surface area contributed by atoms with Crippen LogP contribution in [0.5, 0.6) is 0 Å². The fourth-order valence-corrected chi connectivity index (χ4v) is 2.63. The molecule has 24 heavy (non-hydrogen) atoms. The van der Waals surface area contributed by atoms with Crippen LogP contribution < -0.4 is 5.32 Å². The standard InChI is InChI=1S/C16H27N5O3/c1-11(2)15-18-14(19-24-15)12-6-5-9-21(10-12)16(23)17-8-7-13(22)20(3)4/h11-12H,5-10H2,1-4H3,(H,17,23)/t12-/m0/s1. The summed E-state index contributed by atoms with van der Waals surface area (Å²) < 4.78 is 5.27. The summed E-state index contributed by atoms with van der Waals surface area (Å²) in [6.07, 6.45) is 2.15. The number of nitrogens with one attached hydrogen (secondary N) is 1. The van der Waals surface area contributed by atoms with Crippen LogP contribution in [0.25, 0.3) is 0 Å². The first-order chi connectivity index (χ1) is 11.4. The van der Waals surface area contributed by atoms with E-state index in [2.05, 4.69) is 15.5 Å². The molecule has 0 aliphatic carbocycles. The maximum atomic E-state index is 12.3. The zero-order valence-electron chi connectivity index (χ0n) is 14.9. The fraction of sp³-hybridized carbons (Fsp3) is 0.750. The van der Waals surface area contributed by atoms with Crippen LogP contribution in [0.1, 0.15) is 56.7 Å². The Balaban J connectivity index is 1.85. The first-order valence-electron chi connectivity index (χ1n) is 8.45. The van der Waals surface area contributed by atoms with E-state index in [0.29, 0.717) is 37.8 Å². The first kappa shape index (κ1) is 18.2. The molecule has 0 aromatic carbocycles. The molecule has 1 aromatic rings. The fourth-order valence-electron chi connectivity index (χ4n) is 2.63. The van der Waals surface area contributed by atoms with Gasteiger partial charge in [0.15, 0.2) is 5.82 Å². The van der Waals surface area contributed by atoms with Crippen molar-refractivity contribution in [3.63, 3.8) is 0 Å². The van der Waals surface area contributed by atoms with Crippen molar-refractivity contribution in [2.24, 2.45) is 0 Å². The van der Waals surface area contributed by atoms with E-state index in [4.69, 9.17) is 4.52 Å². The summed E-state index contributed by atoms with van der Waals surface area (Å²) in [6, 6.07) is -0.140. The largest absolute Gasteiger partial charge is 0.349 e. The lowest BCUT2D eigenvalue weighted by molar-refractivity contribution is -0.128. The zero-order valence-corrected chi connectivity index (χ0v) is 14.9. The van der Waals surface area contributed by atoms with Gasteiger partial charge in [-0.1, -0.05) is 19.0 Å². The van der Waals surface area contributed by atoms with Crippen molar-refractivity contribution >= 4 is 11.9 Å². The van der Waals surface area contributed by atoms with Gasteiger partial charge in [-0.15, -0.1) is 0 Å². The molecule has 1 aliphatic rings. The highest BCUT2D eigenvalue weighted by molar-refractivity contribution is 5.78. The highest BCUT2D eigenvalue weighted by atomic mass is 16.5. The van der Waals surface area contributed by atoms with E-state index in [1.165, 1.54) is 4.90 Å². The summed E-state index contributed by atoms with van der Waals surface area (Å²) in [4.78, 5) is 31.5. The number of rotatable bonds is 5. The van der Waals surface area contributed by atoms with Gasteiger partial charge in [0.25, 0.3) is 0 Å². The molecule has 0 unspecified atom stereocenters. The van der Waals surface area contributed by atoms with Crippen LogP contribution in [0.4, 0.5) is 4.79 Å². The molecule has 0 bridgehead atoms. The van der Waals surface area contributed by atoms with Crippen molar-refractivity contribution in [2.75, 3.05) is 33.7 Å². The first-order valence-corrected chi connectivity index (χ1v) is 8.45. The quantitative estimate of drug-likeness (QED) is 0.880. The Kier molecular flexibility index (Phi) is 6.16. The molecule has 8 nitrogen and oxygen atoms in total. The summed E-state index contributed by atoms with van der Waals surface area (Å²) >= 11 is 0. The summed E-state index contributed by atoms with van der Waals surface area (Å²) in [5.41, 5.74) is 0. The van der Waals surface area contributed by atoms with E-state index in [1.54, 1.807) is 19.0 Å². The molecule has 0 saturated carbocycles. The number of hydrogen-bond acceptors (Lipinski definition) is 5. The molecule has 1 aromatic heterocycles. The lowest BCUT2D eigenvalue weighted by atomic mass is 9.97. The molecule has 0 spiro atoms. The Morgan fingerprint density at radius 2 is 2.17 bits per heavy atom. The highest BCUT2D eigenvalue weighted by Crippen LogP contribution is 2.26. The number of amides is 3. The zero-order chi connectivity index (χ0) is 17.7. The molecule has 1 fully saturated rings. The number of hydrogen-bond donors (Lipinski definition) is 1. The number of carbonyl (C=O) groups is 2. The van der Waals surface area contributed by atoms with E-state index in [-0.39, 0.29) is 23.8 Å². The number of likely N-dealkylation sites (tertiary alicyclic amines) is 1. The highest BCUT2D eigenvalue weighted by Gasteiger charge is 2.28. The van der Waals surface area contributed by atoms with Crippen LogP contribution in [-0.4, -0.2) is 65.6 Å². The van der Waals surface area contributed by atoms with Crippen molar-refractivity contribution in [1.82, 2.24) is 25.3 Å². The van der Waals surface area contributed by atoms with Crippen molar-refractivity contribution < 1.29 is 14.1 Å². The van der Waals surface area contributed by atoms with Gasteiger partial charge in [-0.2, -0.15) is 4.98 Å². The van der Waals surface area contributed by atoms with Gasteiger partial charge < -0.3 is 19.6 Å². The predicted octanol–water partition coefficient (Wildman–Crippen LogP) is 1.56. The third kappa shape index (κ3) is 4.69. The van der Waals surface area contributed by atoms with Crippen LogP contribution in [0, 0.1) is 0 Å². The molecule has 1 aliphatic heterocycles. The van der Waals surface area contributed by atoms with Crippen LogP contribution >= 0.6 is 0 Å². The molecule has 134 valence electrons. The van der Waals surface area contributed by atoms with E-state index < -0.39 is 0 Å². The second-order valence-electron chi connectivity index (χ2n) is 6.70. The minimum Gasteiger partial charge on any atom is -0.349 e. The van der Waals surface area contributed by atoms with Gasteiger partial charge in [-0.05, 0) is 12.8 Å². The topological polar surface area (TPSA) is 91.6 Å². The molecule has 1 N–H and O–H groups in total.